The highest BCUT2D eigenvalue weighted by Crippen LogP contribution is 2.42. The van der Waals surface area contributed by atoms with E-state index in [4.69, 9.17) is 0 Å². The van der Waals surface area contributed by atoms with Crippen LogP contribution in [0.4, 0.5) is 16.4 Å². The molecule has 1 aliphatic heterocycles. The highest BCUT2D eigenvalue weighted by molar-refractivity contribution is 9.10. The van der Waals surface area contributed by atoms with Gasteiger partial charge in [-0.05, 0) is 24.3 Å². The number of rotatable bonds is 0. The molecule has 1 aliphatic rings. The van der Waals surface area contributed by atoms with E-state index < -0.39 is 0 Å². The van der Waals surface area contributed by atoms with Gasteiger partial charge in [0.05, 0.1) is 16.9 Å². The van der Waals surface area contributed by atoms with Gasteiger partial charge in [-0.2, -0.15) is 0 Å². The van der Waals surface area contributed by atoms with E-state index in [-0.39, 0.29) is 5.91 Å². The molecule has 3 nitrogen and oxygen atoms in total. The van der Waals surface area contributed by atoms with Crippen molar-refractivity contribution in [1.82, 2.24) is 0 Å². The van der Waals surface area contributed by atoms with Crippen LogP contribution in [0, 0.1) is 0 Å². The SMILES string of the molecule is O=C1Nc2ccc(Br)cc2Nc2sc3ccccc3c21. The molecule has 0 bridgehead atoms. The molecular weight excluding hydrogens is 336 g/mol. The molecule has 1 aromatic heterocycles. The molecule has 0 aliphatic carbocycles. The molecule has 3 aromatic rings. The molecule has 2 heterocycles. The van der Waals surface area contributed by atoms with E-state index in [1.54, 1.807) is 11.3 Å². The standard InChI is InChI=1S/C15H9BrN2OS/c16-8-5-6-10-11(7-8)18-15-13(14(19)17-10)9-3-1-2-4-12(9)20-15/h1-7,18H,(H,17,19). The Bertz CT molecular complexity index is 856. The van der Waals surface area contributed by atoms with Crippen molar-refractivity contribution >= 4 is 59.6 Å². The maximum absolute atomic E-state index is 12.5. The van der Waals surface area contributed by atoms with Gasteiger partial charge >= 0.3 is 0 Å². The lowest BCUT2D eigenvalue weighted by molar-refractivity contribution is 0.103. The number of hydrogen-bond donors (Lipinski definition) is 2. The molecule has 1 amide bonds. The zero-order valence-corrected chi connectivity index (χ0v) is 12.6. The maximum atomic E-state index is 12.5. The predicted octanol–water partition coefficient (Wildman–Crippen LogP) is 4.97. The molecule has 2 N–H and O–H groups in total. The number of amides is 1. The minimum atomic E-state index is -0.0639. The number of anilines is 3. The number of benzene rings is 2. The molecule has 0 spiro atoms. The molecule has 0 unspecified atom stereocenters. The summed E-state index contributed by atoms with van der Waals surface area (Å²) >= 11 is 5.06. The van der Waals surface area contributed by atoms with E-state index >= 15 is 0 Å². The van der Waals surface area contributed by atoms with Crippen LogP contribution >= 0.6 is 27.3 Å². The number of halogens is 1. The van der Waals surface area contributed by atoms with Crippen LogP contribution in [0.2, 0.25) is 0 Å². The third-order valence-corrected chi connectivity index (χ3v) is 4.88. The topological polar surface area (TPSA) is 41.1 Å². The Kier molecular flexibility index (Phi) is 2.58. The number of fused-ring (bicyclic) bond motifs is 4. The Morgan fingerprint density at radius 3 is 2.75 bits per heavy atom. The van der Waals surface area contributed by atoms with Gasteiger partial charge in [0.1, 0.15) is 5.00 Å². The third-order valence-electron chi connectivity index (χ3n) is 3.30. The minimum Gasteiger partial charge on any atom is -0.345 e. The summed E-state index contributed by atoms with van der Waals surface area (Å²) in [6.45, 7) is 0. The Balaban J connectivity index is 1.98. The van der Waals surface area contributed by atoms with E-state index in [1.807, 2.05) is 42.5 Å². The van der Waals surface area contributed by atoms with Gasteiger partial charge in [0.15, 0.2) is 0 Å². The van der Waals surface area contributed by atoms with E-state index in [2.05, 4.69) is 26.6 Å². The van der Waals surface area contributed by atoms with Crippen molar-refractivity contribution < 1.29 is 4.79 Å². The van der Waals surface area contributed by atoms with Gasteiger partial charge in [-0.1, -0.05) is 34.1 Å². The van der Waals surface area contributed by atoms with Crippen molar-refractivity contribution in [2.45, 2.75) is 0 Å². The number of nitrogens with one attached hydrogen (secondary N) is 2. The lowest BCUT2D eigenvalue weighted by Crippen LogP contribution is -2.10. The summed E-state index contributed by atoms with van der Waals surface area (Å²) in [6, 6.07) is 13.7. The number of carbonyl (C=O) groups excluding carboxylic acids is 1. The quantitative estimate of drug-likeness (QED) is 0.604. The van der Waals surface area contributed by atoms with E-state index in [0.29, 0.717) is 0 Å². The first-order valence-corrected chi connectivity index (χ1v) is 7.73. The van der Waals surface area contributed by atoms with Crippen molar-refractivity contribution in [3.63, 3.8) is 0 Å². The van der Waals surface area contributed by atoms with Crippen LogP contribution in [-0.4, -0.2) is 5.91 Å². The Morgan fingerprint density at radius 2 is 1.85 bits per heavy atom. The van der Waals surface area contributed by atoms with Gasteiger partial charge < -0.3 is 10.6 Å². The molecule has 0 saturated carbocycles. The van der Waals surface area contributed by atoms with Gasteiger partial charge in [0, 0.05) is 14.6 Å². The third kappa shape index (κ3) is 1.74. The fraction of sp³-hybridized carbons (Fsp3) is 0. The zero-order valence-electron chi connectivity index (χ0n) is 10.2. The summed E-state index contributed by atoms with van der Waals surface area (Å²) in [7, 11) is 0. The van der Waals surface area contributed by atoms with E-state index in [9.17, 15) is 4.79 Å². The largest absolute Gasteiger partial charge is 0.345 e. The van der Waals surface area contributed by atoms with Crippen LogP contribution in [0.15, 0.2) is 46.9 Å². The van der Waals surface area contributed by atoms with Crippen LogP contribution < -0.4 is 10.6 Å². The lowest BCUT2D eigenvalue weighted by atomic mass is 10.1. The highest BCUT2D eigenvalue weighted by atomic mass is 79.9. The first kappa shape index (κ1) is 11.9. The summed E-state index contributed by atoms with van der Waals surface area (Å²) in [5.41, 5.74) is 2.42. The van der Waals surface area contributed by atoms with Crippen LogP contribution in [0.5, 0.6) is 0 Å². The Morgan fingerprint density at radius 1 is 1.00 bits per heavy atom. The van der Waals surface area contributed by atoms with E-state index in [0.717, 1.165) is 36.5 Å². The fourth-order valence-electron chi connectivity index (χ4n) is 2.39. The molecule has 98 valence electrons. The molecule has 0 saturated heterocycles. The van der Waals surface area contributed by atoms with Gasteiger partial charge in [0.25, 0.3) is 5.91 Å². The molecule has 2 aromatic carbocycles. The monoisotopic (exact) mass is 344 g/mol. The molecule has 0 radical (unpaired) electrons. The van der Waals surface area contributed by atoms with Crippen molar-refractivity contribution in [3.05, 3.63) is 52.5 Å². The molecule has 20 heavy (non-hydrogen) atoms. The van der Waals surface area contributed by atoms with Crippen LogP contribution in [0.25, 0.3) is 10.1 Å². The first-order chi connectivity index (χ1) is 9.72. The normalized spacial score (nSPS) is 13.2. The van der Waals surface area contributed by atoms with Crippen molar-refractivity contribution in [3.8, 4) is 0 Å². The summed E-state index contributed by atoms with van der Waals surface area (Å²) in [5, 5.41) is 8.22. The zero-order chi connectivity index (χ0) is 13.7. The average molecular weight is 345 g/mol. The van der Waals surface area contributed by atoms with E-state index in [1.165, 1.54) is 0 Å². The minimum absolute atomic E-state index is 0.0639. The predicted molar refractivity (Wildman–Crippen MR) is 87.2 cm³/mol. The smallest absolute Gasteiger partial charge is 0.259 e. The van der Waals surface area contributed by atoms with Crippen LogP contribution in [0.1, 0.15) is 10.4 Å². The van der Waals surface area contributed by atoms with Crippen LogP contribution in [0.3, 0.4) is 0 Å². The van der Waals surface area contributed by atoms with Gasteiger partial charge in [-0.3, -0.25) is 4.79 Å². The van der Waals surface area contributed by atoms with Gasteiger partial charge in [-0.25, -0.2) is 0 Å². The molecule has 4 rings (SSSR count). The summed E-state index contributed by atoms with van der Waals surface area (Å²) in [5.74, 6) is -0.0639. The van der Waals surface area contributed by atoms with Crippen LogP contribution in [-0.2, 0) is 0 Å². The highest BCUT2D eigenvalue weighted by Gasteiger charge is 2.23. The summed E-state index contributed by atoms with van der Waals surface area (Å²) < 4.78 is 2.08. The van der Waals surface area contributed by atoms with Crippen molar-refractivity contribution in [2.24, 2.45) is 0 Å². The summed E-state index contributed by atoms with van der Waals surface area (Å²) in [6.07, 6.45) is 0. The second-order valence-electron chi connectivity index (χ2n) is 4.57. The molecule has 0 atom stereocenters. The van der Waals surface area contributed by atoms with Crippen molar-refractivity contribution in [2.75, 3.05) is 10.6 Å². The van der Waals surface area contributed by atoms with Gasteiger partial charge in [-0.15, -0.1) is 11.3 Å². The Labute approximate surface area is 127 Å². The first-order valence-electron chi connectivity index (χ1n) is 6.12. The number of thiophene rings is 1. The molecular formula is C15H9BrN2OS. The van der Waals surface area contributed by atoms with Crippen molar-refractivity contribution in [1.29, 1.82) is 0 Å². The maximum Gasteiger partial charge on any atom is 0.259 e. The Hall–Kier alpha value is -1.85. The average Bonchev–Trinajstić information content (AvgIpc) is 2.73. The second kappa shape index (κ2) is 4.33. The molecule has 0 fully saturated rings. The summed E-state index contributed by atoms with van der Waals surface area (Å²) in [4.78, 5) is 12.5. The lowest BCUT2D eigenvalue weighted by Gasteiger charge is -2.07. The van der Waals surface area contributed by atoms with Gasteiger partial charge in [0.2, 0.25) is 0 Å². The fourth-order valence-corrected chi connectivity index (χ4v) is 3.87. The number of hydrogen-bond acceptors (Lipinski definition) is 3. The number of carbonyl (C=O) groups is 1. The second-order valence-corrected chi connectivity index (χ2v) is 6.54. The molecule has 5 heteroatoms.